The van der Waals surface area contributed by atoms with Crippen LogP contribution in [0.3, 0.4) is 0 Å². The molecule has 0 amide bonds. The second-order valence-electron chi connectivity index (χ2n) is 7.97. The summed E-state index contributed by atoms with van der Waals surface area (Å²) in [5, 5.41) is 0.620. The molecule has 4 heterocycles. The number of fused-ring (bicyclic) bond motifs is 2. The maximum absolute atomic E-state index is 13.1. The number of H-pyrrole nitrogens is 1. The summed E-state index contributed by atoms with van der Waals surface area (Å²) in [5.41, 5.74) is 5.04. The number of rotatable bonds is 3. The van der Waals surface area contributed by atoms with Gasteiger partial charge in [-0.3, -0.25) is 14.5 Å². The van der Waals surface area contributed by atoms with E-state index in [2.05, 4.69) is 24.8 Å². The van der Waals surface area contributed by atoms with Crippen molar-refractivity contribution in [1.29, 1.82) is 0 Å². The van der Waals surface area contributed by atoms with Gasteiger partial charge in [-0.15, -0.1) is 0 Å². The molecule has 0 saturated carbocycles. The van der Waals surface area contributed by atoms with E-state index in [4.69, 9.17) is 4.42 Å². The Morgan fingerprint density at radius 3 is 2.77 bits per heavy atom. The molecule has 1 N–H and O–H groups in total. The molecule has 0 spiro atoms. The molecule has 0 aliphatic carbocycles. The lowest BCUT2D eigenvalue weighted by atomic mass is 10.0. The molecule has 8 nitrogen and oxygen atoms in total. The highest BCUT2D eigenvalue weighted by molar-refractivity contribution is 5.81. The van der Waals surface area contributed by atoms with E-state index in [-0.39, 0.29) is 11.0 Å². The number of nitrogens with one attached hydrogen (secondary N) is 1. The van der Waals surface area contributed by atoms with Crippen LogP contribution in [-0.2, 0) is 19.5 Å². The zero-order valence-corrected chi connectivity index (χ0v) is 17.3. The first kappa shape index (κ1) is 19.3. The molecule has 1 aliphatic rings. The molecule has 0 saturated heterocycles. The van der Waals surface area contributed by atoms with Crippen LogP contribution in [0.25, 0.3) is 22.4 Å². The van der Waals surface area contributed by atoms with Gasteiger partial charge in [-0.1, -0.05) is 6.07 Å². The highest BCUT2D eigenvalue weighted by atomic mass is 16.3. The Balaban J connectivity index is 1.44. The van der Waals surface area contributed by atoms with E-state index in [1.807, 2.05) is 26.0 Å². The molecule has 0 bridgehead atoms. The topological polar surface area (TPSA) is 105 Å². The van der Waals surface area contributed by atoms with Crippen LogP contribution in [0.5, 0.6) is 0 Å². The summed E-state index contributed by atoms with van der Waals surface area (Å²) < 4.78 is 5.77. The maximum atomic E-state index is 13.1. The van der Waals surface area contributed by atoms with Gasteiger partial charge in [0.05, 0.1) is 28.5 Å². The number of benzene rings is 1. The number of aryl methyl sites for hydroxylation is 2. The molecule has 0 unspecified atom stereocenters. The minimum absolute atomic E-state index is 0.0176. The van der Waals surface area contributed by atoms with Crippen LogP contribution in [0, 0.1) is 13.8 Å². The minimum atomic E-state index is -0.176. The Labute approximate surface area is 177 Å². The van der Waals surface area contributed by atoms with Crippen LogP contribution in [0.4, 0.5) is 0 Å². The Kier molecular flexibility index (Phi) is 4.71. The van der Waals surface area contributed by atoms with Gasteiger partial charge in [-0.2, -0.15) is 0 Å². The SMILES string of the molecule is Cc1cc(C)c2c(=O)c(CN3CCc4nc(-c5cncnc5)[nH]c(=O)c4C3)coc2c1. The molecule has 0 fully saturated rings. The van der Waals surface area contributed by atoms with Crippen molar-refractivity contribution in [2.75, 3.05) is 6.54 Å². The molecule has 5 rings (SSSR count). The number of aromatic amines is 1. The van der Waals surface area contributed by atoms with Crippen LogP contribution < -0.4 is 11.0 Å². The van der Waals surface area contributed by atoms with Crippen LogP contribution in [0.1, 0.15) is 27.9 Å². The van der Waals surface area contributed by atoms with Gasteiger partial charge < -0.3 is 9.40 Å². The van der Waals surface area contributed by atoms with Crippen LogP contribution in [0.2, 0.25) is 0 Å². The van der Waals surface area contributed by atoms with Crippen molar-refractivity contribution in [2.45, 2.75) is 33.4 Å². The summed E-state index contributed by atoms with van der Waals surface area (Å²) in [5.74, 6) is 0.471. The zero-order valence-electron chi connectivity index (χ0n) is 17.3. The van der Waals surface area contributed by atoms with E-state index >= 15 is 0 Å². The molecule has 156 valence electrons. The number of nitrogens with zero attached hydrogens (tertiary/aromatic N) is 4. The van der Waals surface area contributed by atoms with Gasteiger partial charge in [0, 0.05) is 44.0 Å². The third kappa shape index (κ3) is 3.55. The van der Waals surface area contributed by atoms with Crippen molar-refractivity contribution in [3.8, 4) is 11.4 Å². The minimum Gasteiger partial charge on any atom is -0.464 e. The molecule has 1 aromatic carbocycles. The van der Waals surface area contributed by atoms with Crippen molar-refractivity contribution in [3.63, 3.8) is 0 Å². The van der Waals surface area contributed by atoms with Gasteiger partial charge >= 0.3 is 0 Å². The van der Waals surface area contributed by atoms with Crippen LogP contribution >= 0.6 is 0 Å². The van der Waals surface area contributed by atoms with E-state index < -0.39 is 0 Å². The molecule has 3 aromatic heterocycles. The quantitative estimate of drug-likeness (QED) is 0.548. The highest BCUT2D eigenvalue weighted by Crippen LogP contribution is 2.21. The average Bonchev–Trinajstić information content (AvgIpc) is 2.76. The second-order valence-corrected chi connectivity index (χ2v) is 7.97. The Hall–Kier alpha value is -3.65. The van der Waals surface area contributed by atoms with E-state index in [0.29, 0.717) is 59.5 Å². The fourth-order valence-electron chi connectivity index (χ4n) is 4.19. The van der Waals surface area contributed by atoms with Gasteiger partial charge in [0.25, 0.3) is 5.56 Å². The fourth-order valence-corrected chi connectivity index (χ4v) is 4.19. The fraction of sp³-hybridized carbons (Fsp3) is 0.261. The van der Waals surface area contributed by atoms with E-state index in [1.54, 1.807) is 18.7 Å². The molecule has 1 aliphatic heterocycles. The molecular weight excluding hydrogens is 394 g/mol. The molecule has 8 heteroatoms. The Morgan fingerprint density at radius 1 is 1.16 bits per heavy atom. The standard InChI is InChI=1S/C23H21N5O3/c1-13-5-14(2)20-19(6-13)31-11-16(21(20)29)9-28-4-3-18-17(10-28)23(30)27-22(26-18)15-7-24-12-25-8-15/h5-8,11-12H,3-4,9-10H2,1-2H3,(H,26,27,30). The van der Waals surface area contributed by atoms with Crippen molar-refractivity contribution < 1.29 is 4.42 Å². The van der Waals surface area contributed by atoms with Gasteiger partial charge in [-0.25, -0.2) is 15.0 Å². The summed E-state index contributed by atoms with van der Waals surface area (Å²) in [6.07, 6.45) is 6.84. The predicted octanol–water partition coefficient (Wildman–Crippen LogP) is 2.51. The zero-order chi connectivity index (χ0) is 21.5. The van der Waals surface area contributed by atoms with Gasteiger partial charge in [0.15, 0.2) is 5.43 Å². The first-order valence-corrected chi connectivity index (χ1v) is 10.1. The lowest BCUT2D eigenvalue weighted by Crippen LogP contribution is -2.36. The predicted molar refractivity (Wildman–Crippen MR) is 116 cm³/mol. The second kappa shape index (κ2) is 7.55. The monoisotopic (exact) mass is 415 g/mol. The van der Waals surface area contributed by atoms with Gasteiger partial charge in [-0.05, 0) is 31.0 Å². The lowest BCUT2D eigenvalue weighted by Gasteiger charge is -2.27. The van der Waals surface area contributed by atoms with E-state index in [0.717, 1.165) is 16.8 Å². The first-order valence-electron chi connectivity index (χ1n) is 10.1. The van der Waals surface area contributed by atoms with Crippen molar-refractivity contribution in [2.24, 2.45) is 0 Å². The normalized spacial score (nSPS) is 14.0. The molecule has 0 radical (unpaired) electrons. The summed E-state index contributed by atoms with van der Waals surface area (Å²) in [4.78, 5) is 43.3. The highest BCUT2D eigenvalue weighted by Gasteiger charge is 2.23. The summed E-state index contributed by atoms with van der Waals surface area (Å²) in [6, 6.07) is 3.87. The molecular formula is C23H21N5O3. The molecule has 31 heavy (non-hydrogen) atoms. The summed E-state index contributed by atoms with van der Waals surface area (Å²) >= 11 is 0. The third-order valence-electron chi connectivity index (χ3n) is 5.67. The number of hydrogen-bond donors (Lipinski definition) is 1. The molecule has 0 atom stereocenters. The van der Waals surface area contributed by atoms with Crippen molar-refractivity contribution in [1.82, 2.24) is 24.8 Å². The largest absolute Gasteiger partial charge is 0.464 e. The average molecular weight is 415 g/mol. The van der Waals surface area contributed by atoms with E-state index in [9.17, 15) is 9.59 Å². The summed E-state index contributed by atoms with van der Waals surface area (Å²) in [7, 11) is 0. The Morgan fingerprint density at radius 2 is 1.97 bits per heavy atom. The van der Waals surface area contributed by atoms with Crippen LogP contribution in [0.15, 0.2) is 51.1 Å². The van der Waals surface area contributed by atoms with E-state index in [1.165, 1.54) is 6.33 Å². The molecule has 4 aromatic rings. The lowest BCUT2D eigenvalue weighted by molar-refractivity contribution is 0.239. The summed E-state index contributed by atoms with van der Waals surface area (Å²) in [6.45, 7) is 5.44. The van der Waals surface area contributed by atoms with Crippen molar-refractivity contribution >= 4 is 11.0 Å². The number of aromatic nitrogens is 4. The van der Waals surface area contributed by atoms with Crippen molar-refractivity contribution in [3.05, 3.63) is 85.6 Å². The van der Waals surface area contributed by atoms with Gasteiger partial charge in [0.1, 0.15) is 17.7 Å². The van der Waals surface area contributed by atoms with Gasteiger partial charge in [0.2, 0.25) is 0 Å². The first-order chi connectivity index (χ1) is 15.0. The number of hydrogen-bond acceptors (Lipinski definition) is 7. The third-order valence-corrected chi connectivity index (χ3v) is 5.67. The Bertz CT molecular complexity index is 1410. The smallest absolute Gasteiger partial charge is 0.255 e. The maximum Gasteiger partial charge on any atom is 0.255 e. The van der Waals surface area contributed by atoms with Crippen LogP contribution in [-0.4, -0.2) is 31.4 Å².